The maximum Gasteiger partial charge on any atom is 0.325 e. The molecule has 0 fully saturated rings. The van der Waals surface area contributed by atoms with Crippen LogP contribution in [0.2, 0.25) is 0 Å². The number of carboxylic acids is 1. The summed E-state index contributed by atoms with van der Waals surface area (Å²) in [6.45, 7) is 1.26. The molecule has 4 atom stereocenters. The first-order valence-corrected chi connectivity index (χ1v) is 12.1. The van der Waals surface area contributed by atoms with Crippen LogP contribution in [0.1, 0.15) is 30.9 Å². The third-order valence-corrected chi connectivity index (χ3v) is 5.78. The second-order valence-electron chi connectivity index (χ2n) is 9.04. The highest BCUT2D eigenvalue weighted by Crippen LogP contribution is 2.13. The van der Waals surface area contributed by atoms with Crippen molar-refractivity contribution in [3.63, 3.8) is 0 Å². The number of carbonyl (C=O) groups excluding carboxylic acids is 4. The van der Waals surface area contributed by atoms with Crippen molar-refractivity contribution in [1.29, 1.82) is 0 Å². The first-order valence-electron chi connectivity index (χ1n) is 12.1. The van der Waals surface area contributed by atoms with Crippen LogP contribution < -0.4 is 27.4 Å². The molecular weight excluding hydrogens is 510 g/mol. The molecule has 0 saturated heterocycles. The average Bonchev–Trinajstić information content (AvgIpc) is 2.88. The van der Waals surface area contributed by atoms with Gasteiger partial charge in [0.1, 0.15) is 29.6 Å². The first kappa shape index (κ1) is 30.6. The summed E-state index contributed by atoms with van der Waals surface area (Å²) in [4.78, 5) is 61.5. The smallest absolute Gasteiger partial charge is 0.325 e. The van der Waals surface area contributed by atoms with Crippen LogP contribution in [0.4, 0.5) is 0 Å². The molecule has 0 saturated carbocycles. The second kappa shape index (κ2) is 14.3. The SMILES string of the molecule is CC(NC(=O)C(Cc1ccc(O)cc1)NC(=O)C(CCC(N)=O)NC(=O)C(N)Cc1ccc(O)cc1)C(=O)O. The summed E-state index contributed by atoms with van der Waals surface area (Å²) in [6.07, 6.45) is -0.412. The summed E-state index contributed by atoms with van der Waals surface area (Å²) >= 11 is 0. The van der Waals surface area contributed by atoms with Crippen LogP contribution in [-0.4, -0.2) is 69.1 Å². The fourth-order valence-electron chi connectivity index (χ4n) is 3.54. The summed E-state index contributed by atoms with van der Waals surface area (Å²) in [5.41, 5.74) is 12.4. The van der Waals surface area contributed by atoms with Crippen LogP contribution in [0.15, 0.2) is 48.5 Å². The fraction of sp³-hybridized carbons (Fsp3) is 0.346. The molecule has 2 aromatic carbocycles. The third kappa shape index (κ3) is 10.3. The van der Waals surface area contributed by atoms with Crippen LogP contribution >= 0.6 is 0 Å². The largest absolute Gasteiger partial charge is 0.508 e. The minimum Gasteiger partial charge on any atom is -0.508 e. The van der Waals surface area contributed by atoms with Crippen LogP contribution in [0.25, 0.3) is 0 Å². The van der Waals surface area contributed by atoms with Gasteiger partial charge in [0, 0.05) is 12.8 Å². The van der Waals surface area contributed by atoms with Crippen molar-refractivity contribution in [3.8, 4) is 11.5 Å². The van der Waals surface area contributed by atoms with Crippen molar-refractivity contribution in [2.45, 2.75) is 56.8 Å². The van der Waals surface area contributed by atoms with E-state index in [1.165, 1.54) is 43.3 Å². The average molecular weight is 544 g/mol. The molecule has 0 spiro atoms. The Morgan fingerprint density at radius 2 is 1.21 bits per heavy atom. The van der Waals surface area contributed by atoms with Crippen LogP contribution in [0.5, 0.6) is 11.5 Å². The molecule has 2 rings (SSSR count). The van der Waals surface area contributed by atoms with E-state index in [9.17, 15) is 34.2 Å². The molecule has 10 N–H and O–H groups in total. The molecule has 210 valence electrons. The number of nitrogens with one attached hydrogen (secondary N) is 3. The number of aliphatic carboxylic acids is 1. The first-order chi connectivity index (χ1) is 18.3. The summed E-state index contributed by atoms with van der Waals surface area (Å²) in [7, 11) is 0. The van der Waals surface area contributed by atoms with Gasteiger partial charge < -0.3 is 42.7 Å². The van der Waals surface area contributed by atoms with Crippen molar-refractivity contribution < 1.29 is 39.3 Å². The number of aromatic hydroxyl groups is 2. The Morgan fingerprint density at radius 1 is 0.744 bits per heavy atom. The molecule has 0 bridgehead atoms. The maximum atomic E-state index is 13.2. The molecule has 4 unspecified atom stereocenters. The van der Waals surface area contributed by atoms with Gasteiger partial charge in [-0.3, -0.25) is 24.0 Å². The standard InChI is InChI=1S/C26H33N5O8/c1-14(26(38)39)29-25(37)21(13-16-4-8-18(33)9-5-16)31-24(36)20(10-11-22(28)34)30-23(35)19(27)12-15-2-6-17(32)7-3-15/h2-9,14,19-21,32-33H,10-13,27H2,1H3,(H2,28,34)(H,29,37)(H,30,35)(H,31,36)(H,38,39). The number of benzene rings is 2. The van der Waals surface area contributed by atoms with E-state index in [4.69, 9.17) is 16.6 Å². The highest BCUT2D eigenvalue weighted by atomic mass is 16.4. The number of hydrogen-bond donors (Lipinski definition) is 8. The van der Waals surface area contributed by atoms with Gasteiger partial charge in [-0.1, -0.05) is 24.3 Å². The number of amides is 4. The molecule has 0 aromatic heterocycles. The zero-order valence-corrected chi connectivity index (χ0v) is 21.3. The number of rotatable bonds is 14. The molecule has 4 amide bonds. The van der Waals surface area contributed by atoms with Gasteiger partial charge >= 0.3 is 5.97 Å². The second-order valence-corrected chi connectivity index (χ2v) is 9.04. The predicted molar refractivity (Wildman–Crippen MR) is 139 cm³/mol. The molecular formula is C26H33N5O8. The minimum atomic E-state index is -1.29. The highest BCUT2D eigenvalue weighted by Gasteiger charge is 2.30. The van der Waals surface area contributed by atoms with E-state index in [0.717, 1.165) is 0 Å². The monoisotopic (exact) mass is 543 g/mol. The number of primary amides is 1. The van der Waals surface area contributed by atoms with Gasteiger partial charge in [0.15, 0.2) is 0 Å². The summed E-state index contributed by atoms with van der Waals surface area (Å²) in [6, 6.07) is 7.00. The van der Waals surface area contributed by atoms with Gasteiger partial charge in [0.25, 0.3) is 0 Å². The molecule has 0 aliphatic carbocycles. The zero-order valence-electron chi connectivity index (χ0n) is 21.3. The number of phenolic OH excluding ortho intramolecular Hbond substituents is 2. The summed E-state index contributed by atoms with van der Waals surface area (Å²) < 4.78 is 0. The highest BCUT2D eigenvalue weighted by molar-refractivity contribution is 5.94. The van der Waals surface area contributed by atoms with Crippen molar-refractivity contribution in [2.24, 2.45) is 11.5 Å². The van der Waals surface area contributed by atoms with Crippen LogP contribution in [0, 0.1) is 0 Å². The number of carboxylic acid groups (broad SMARTS) is 1. The molecule has 2 aromatic rings. The third-order valence-electron chi connectivity index (χ3n) is 5.78. The fourth-order valence-corrected chi connectivity index (χ4v) is 3.54. The number of nitrogens with two attached hydrogens (primary N) is 2. The maximum absolute atomic E-state index is 13.2. The van der Waals surface area contributed by atoms with Crippen LogP contribution in [0.3, 0.4) is 0 Å². The van der Waals surface area contributed by atoms with E-state index in [1.54, 1.807) is 12.1 Å². The van der Waals surface area contributed by atoms with Gasteiger partial charge in [-0.15, -0.1) is 0 Å². The molecule has 0 aliphatic rings. The lowest BCUT2D eigenvalue weighted by atomic mass is 10.0. The van der Waals surface area contributed by atoms with Crippen molar-refractivity contribution >= 4 is 29.6 Å². The van der Waals surface area contributed by atoms with Crippen molar-refractivity contribution in [2.75, 3.05) is 0 Å². The van der Waals surface area contributed by atoms with E-state index in [2.05, 4.69) is 16.0 Å². The minimum absolute atomic E-state index is 0.0128. The Labute approximate surface area is 224 Å². The van der Waals surface area contributed by atoms with Crippen molar-refractivity contribution in [3.05, 3.63) is 59.7 Å². The van der Waals surface area contributed by atoms with Gasteiger partial charge in [-0.2, -0.15) is 0 Å². The lowest BCUT2D eigenvalue weighted by molar-refractivity contribution is -0.141. The van der Waals surface area contributed by atoms with Gasteiger partial charge in [0.2, 0.25) is 23.6 Å². The Morgan fingerprint density at radius 3 is 1.69 bits per heavy atom. The van der Waals surface area contributed by atoms with Crippen molar-refractivity contribution in [1.82, 2.24) is 16.0 Å². The number of phenols is 2. The Hall–Kier alpha value is -4.65. The van der Waals surface area contributed by atoms with Gasteiger partial charge in [-0.05, 0) is 55.2 Å². The lowest BCUT2D eigenvalue weighted by Gasteiger charge is -2.25. The van der Waals surface area contributed by atoms with Gasteiger partial charge in [-0.25, -0.2) is 0 Å². The van der Waals surface area contributed by atoms with E-state index < -0.39 is 53.8 Å². The Bertz CT molecular complexity index is 1170. The van der Waals surface area contributed by atoms with E-state index in [0.29, 0.717) is 11.1 Å². The van der Waals surface area contributed by atoms with E-state index >= 15 is 0 Å². The molecule has 0 aliphatic heterocycles. The van der Waals surface area contributed by atoms with E-state index in [1.807, 2.05) is 0 Å². The van der Waals surface area contributed by atoms with Crippen LogP contribution in [-0.2, 0) is 36.8 Å². The lowest BCUT2D eigenvalue weighted by Crippen LogP contribution is -2.57. The number of hydrogen-bond acceptors (Lipinski definition) is 8. The zero-order chi connectivity index (χ0) is 29.1. The Kier molecular flexibility index (Phi) is 11.2. The van der Waals surface area contributed by atoms with E-state index in [-0.39, 0.29) is 37.2 Å². The van der Waals surface area contributed by atoms with Gasteiger partial charge in [0.05, 0.1) is 6.04 Å². The quantitative estimate of drug-likeness (QED) is 0.146. The molecule has 13 nitrogen and oxygen atoms in total. The Balaban J connectivity index is 2.19. The summed E-state index contributed by atoms with van der Waals surface area (Å²) in [5, 5.41) is 35.4. The number of carbonyl (C=O) groups is 5. The topological polar surface area (TPSA) is 234 Å². The molecule has 13 heteroatoms. The molecule has 0 heterocycles. The normalized spacial score (nSPS) is 13.8. The molecule has 0 radical (unpaired) electrons. The molecule has 39 heavy (non-hydrogen) atoms. The summed E-state index contributed by atoms with van der Waals surface area (Å²) in [5.74, 6) is -4.29. The predicted octanol–water partition coefficient (Wildman–Crippen LogP) is -0.965.